The van der Waals surface area contributed by atoms with Crippen LogP contribution in [0, 0.1) is 5.92 Å². The molecular weight excluding hydrogens is 212 g/mol. The molecule has 6 heteroatoms. The van der Waals surface area contributed by atoms with E-state index in [0.717, 1.165) is 0 Å². The molecule has 2 amide bonds. The van der Waals surface area contributed by atoms with Crippen molar-refractivity contribution in [1.82, 2.24) is 10.2 Å². The lowest BCUT2D eigenvalue weighted by molar-refractivity contribution is -0.141. The van der Waals surface area contributed by atoms with Crippen LogP contribution in [0.5, 0.6) is 0 Å². The van der Waals surface area contributed by atoms with E-state index >= 15 is 0 Å². The molecule has 0 aromatic heterocycles. The van der Waals surface area contributed by atoms with Gasteiger partial charge in [0.2, 0.25) is 0 Å². The second-order valence-electron chi connectivity index (χ2n) is 3.86. The minimum Gasteiger partial charge on any atom is -0.481 e. The summed E-state index contributed by atoms with van der Waals surface area (Å²) in [5.41, 5.74) is 0. The highest BCUT2D eigenvalue weighted by Gasteiger charge is 2.17. The highest BCUT2D eigenvalue weighted by molar-refractivity contribution is 5.74. The van der Waals surface area contributed by atoms with Crippen LogP contribution < -0.4 is 5.32 Å². The van der Waals surface area contributed by atoms with Gasteiger partial charge in [0.05, 0.1) is 19.1 Å². The smallest absolute Gasteiger partial charge is 0.317 e. The van der Waals surface area contributed by atoms with Gasteiger partial charge >= 0.3 is 12.0 Å². The fourth-order valence-electron chi connectivity index (χ4n) is 1.40. The summed E-state index contributed by atoms with van der Waals surface area (Å²) in [4.78, 5) is 23.8. The number of carbonyl (C=O) groups excluding carboxylic acids is 1. The van der Waals surface area contributed by atoms with Crippen molar-refractivity contribution in [3.63, 3.8) is 0 Å². The van der Waals surface area contributed by atoms with Crippen molar-refractivity contribution in [2.45, 2.75) is 13.3 Å². The number of urea groups is 1. The maximum atomic E-state index is 11.6. The van der Waals surface area contributed by atoms with Crippen molar-refractivity contribution in [2.75, 3.05) is 32.8 Å². The number of ether oxygens (including phenoxy) is 1. The summed E-state index contributed by atoms with van der Waals surface area (Å²) in [5, 5.41) is 11.4. The molecule has 16 heavy (non-hydrogen) atoms. The van der Waals surface area contributed by atoms with E-state index in [9.17, 15) is 9.59 Å². The average Bonchev–Trinajstić information content (AvgIpc) is 2.29. The van der Waals surface area contributed by atoms with Gasteiger partial charge < -0.3 is 20.1 Å². The van der Waals surface area contributed by atoms with Crippen LogP contribution in [0.25, 0.3) is 0 Å². The SMILES string of the molecule is CC(CCNC(=O)N1CCOCC1)C(=O)O. The molecule has 0 saturated carbocycles. The largest absolute Gasteiger partial charge is 0.481 e. The van der Waals surface area contributed by atoms with Crippen molar-refractivity contribution >= 4 is 12.0 Å². The molecule has 0 aliphatic carbocycles. The van der Waals surface area contributed by atoms with Crippen LogP contribution >= 0.6 is 0 Å². The van der Waals surface area contributed by atoms with Crippen molar-refractivity contribution in [2.24, 2.45) is 5.92 Å². The Morgan fingerprint density at radius 1 is 1.44 bits per heavy atom. The lowest BCUT2D eigenvalue weighted by Gasteiger charge is -2.27. The number of amides is 2. The normalized spacial score (nSPS) is 17.9. The van der Waals surface area contributed by atoms with Crippen molar-refractivity contribution < 1.29 is 19.4 Å². The number of nitrogens with zero attached hydrogens (tertiary/aromatic N) is 1. The predicted molar refractivity (Wildman–Crippen MR) is 57.2 cm³/mol. The second kappa shape index (κ2) is 6.32. The van der Waals surface area contributed by atoms with Gasteiger partial charge in [-0.3, -0.25) is 4.79 Å². The van der Waals surface area contributed by atoms with Gasteiger partial charge in [0, 0.05) is 19.6 Å². The van der Waals surface area contributed by atoms with Crippen LogP contribution in [0.2, 0.25) is 0 Å². The molecule has 1 unspecified atom stereocenters. The fraction of sp³-hybridized carbons (Fsp3) is 0.800. The summed E-state index contributed by atoms with van der Waals surface area (Å²) in [6.45, 7) is 4.35. The van der Waals surface area contributed by atoms with Crippen LogP contribution in [-0.2, 0) is 9.53 Å². The van der Waals surface area contributed by atoms with Crippen LogP contribution in [0.3, 0.4) is 0 Å². The van der Waals surface area contributed by atoms with E-state index in [0.29, 0.717) is 39.3 Å². The summed E-state index contributed by atoms with van der Waals surface area (Å²) in [6.07, 6.45) is 0.450. The first kappa shape index (κ1) is 12.8. The number of hydrogen-bond acceptors (Lipinski definition) is 3. The lowest BCUT2D eigenvalue weighted by atomic mass is 10.1. The number of carboxylic acid groups (broad SMARTS) is 1. The number of aliphatic carboxylic acids is 1. The van der Waals surface area contributed by atoms with E-state index in [2.05, 4.69) is 5.32 Å². The highest BCUT2D eigenvalue weighted by atomic mass is 16.5. The zero-order valence-electron chi connectivity index (χ0n) is 9.44. The third kappa shape index (κ3) is 4.06. The molecule has 0 spiro atoms. The van der Waals surface area contributed by atoms with Gasteiger partial charge in [-0.1, -0.05) is 6.92 Å². The van der Waals surface area contributed by atoms with E-state index in [1.54, 1.807) is 11.8 Å². The maximum Gasteiger partial charge on any atom is 0.317 e. The number of rotatable bonds is 4. The molecule has 1 aliphatic rings. The predicted octanol–water partition coefficient (Wildman–Crippen LogP) is 0.139. The highest BCUT2D eigenvalue weighted by Crippen LogP contribution is 2.01. The topological polar surface area (TPSA) is 78.9 Å². The van der Waals surface area contributed by atoms with Crippen LogP contribution in [0.4, 0.5) is 4.79 Å². The van der Waals surface area contributed by atoms with Gasteiger partial charge in [-0.25, -0.2) is 4.79 Å². The number of morpholine rings is 1. The first-order valence-electron chi connectivity index (χ1n) is 5.44. The molecule has 92 valence electrons. The van der Waals surface area contributed by atoms with Crippen molar-refractivity contribution in [3.05, 3.63) is 0 Å². The first-order chi connectivity index (χ1) is 7.61. The van der Waals surface area contributed by atoms with Gasteiger partial charge in [-0.05, 0) is 6.42 Å². The van der Waals surface area contributed by atoms with Crippen LogP contribution in [0.15, 0.2) is 0 Å². The third-order valence-electron chi connectivity index (χ3n) is 2.57. The molecular formula is C10H18N2O4. The molecule has 1 atom stereocenters. The fourth-order valence-corrected chi connectivity index (χ4v) is 1.40. The Balaban J connectivity index is 2.16. The molecule has 1 fully saturated rings. The third-order valence-corrected chi connectivity index (χ3v) is 2.57. The summed E-state index contributed by atoms with van der Waals surface area (Å²) >= 11 is 0. The van der Waals surface area contributed by atoms with Gasteiger partial charge in [-0.2, -0.15) is 0 Å². The molecule has 0 aromatic carbocycles. The Bertz CT molecular complexity index is 251. The van der Waals surface area contributed by atoms with Gasteiger partial charge in [0.1, 0.15) is 0 Å². The Morgan fingerprint density at radius 2 is 2.06 bits per heavy atom. The molecule has 2 N–H and O–H groups in total. The summed E-state index contributed by atoms with van der Waals surface area (Å²) in [5.74, 6) is -1.26. The minimum atomic E-state index is -0.833. The van der Waals surface area contributed by atoms with Gasteiger partial charge in [0.15, 0.2) is 0 Å². The number of nitrogens with one attached hydrogen (secondary N) is 1. The Morgan fingerprint density at radius 3 is 2.62 bits per heavy atom. The van der Waals surface area contributed by atoms with E-state index < -0.39 is 11.9 Å². The molecule has 1 rings (SSSR count). The molecule has 0 radical (unpaired) electrons. The number of hydrogen-bond donors (Lipinski definition) is 2. The molecule has 0 bridgehead atoms. The summed E-state index contributed by atoms with van der Waals surface area (Å²) in [7, 11) is 0. The monoisotopic (exact) mass is 230 g/mol. The Kier molecular flexibility index (Phi) is 5.04. The van der Waals surface area contributed by atoms with E-state index in [1.165, 1.54) is 0 Å². The quantitative estimate of drug-likeness (QED) is 0.720. The molecule has 1 saturated heterocycles. The molecule has 0 aromatic rings. The zero-order valence-corrected chi connectivity index (χ0v) is 9.44. The van der Waals surface area contributed by atoms with E-state index in [-0.39, 0.29) is 6.03 Å². The minimum absolute atomic E-state index is 0.138. The second-order valence-corrected chi connectivity index (χ2v) is 3.86. The standard InChI is InChI=1S/C10H18N2O4/c1-8(9(13)14)2-3-11-10(15)12-4-6-16-7-5-12/h8H,2-7H2,1H3,(H,11,15)(H,13,14). The maximum absolute atomic E-state index is 11.6. The Hall–Kier alpha value is -1.30. The van der Waals surface area contributed by atoms with E-state index in [4.69, 9.17) is 9.84 Å². The summed E-state index contributed by atoms with van der Waals surface area (Å²) in [6, 6.07) is -0.138. The van der Waals surface area contributed by atoms with E-state index in [1.807, 2.05) is 0 Å². The first-order valence-corrected chi connectivity index (χ1v) is 5.44. The number of carboxylic acids is 1. The number of carbonyl (C=O) groups is 2. The Labute approximate surface area is 94.6 Å². The lowest BCUT2D eigenvalue weighted by Crippen LogP contribution is -2.46. The zero-order chi connectivity index (χ0) is 12.0. The molecule has 6 nitrogen and oxygen atoms in total. The van der Waals surface area contributed by atoms with Gasteiger partial charge in [0.25, 0.3) is 0 Å². The average molecular weight is 230 g/mol. The van der Waals surface area contributed by atoms with Crippen molar-refractivity contribution in [3.8, 4) is 0 Å². The van der Waals surface area contributed by atoms with Crippen molar-refractivity contribution in [1.29, 1.82) is 0 Å². The molecule has 1 aliphatic heterocycles. The van der Waals surface area contributed by atoms with Gasteiger partial charge in [-0.15, -0.1) is 0 Å². The van der Waals surface area contributed by atoms with Crippen LogP contribution in [-0.4, -0.2) is 54.9 Å². The summed E-state index contributed by atoms with van der Waals surface area (Å²) < 4.78 is 5.12. The van der Waals surface area contributed by atoms with Crippen LogP contribution in [0.1, 0.15) is 13.3 Å². The molecule has 1 heterocycles.